The van der Waals surface area contributed by atoms with Gasteiger partial charge in [-0.1, -0.05) is 0 Å². The average molecular weight is 241 g/mol. The van der Waals surface area contributed by atoms with Crippen molar-refractivity contribution in [3.8, 4) is 5.75 Å². The zero-order valence-corrected chi connectivity index (χ0v) is 7.93. The predicted molar refractivity (Wildman–Crippen MR) is 46.6 cm³/mol. The second kappa shape index (κ2) is 4.07. The van der Waals surface area contributed by atoms with E-state index in [9.17, 15) is 17.4 Å². The molecule has 0 aliphatic carbocycles. The zero-order chi connectivity index (χ0) is 11.6. The molecular weight excluding hydrogens is 235 g/mol. The van der Waals surface area contributed by atoms with E-state index in [0.29, 0.717) is 0 Å². The van der Waals surface area contributed by atoms with Crippen LogP contribution in [0.15, 0.2) is 23.1 Å². The van der Waals surface area contributed by atoms with Crippen molar-refractivity contribution >= 4 is 16.8 Å². The third-order valence-electron chi connectivity index (χ3n) is 1.41. The number of anilines is 1. The molecule has 0 bridgehead atoms. The Morgan fingerprint density at radius 1 is 1.40 bits per heavy atom. The third kappa shape index (κ3) is 3.40. The molecule has 15 heavy (non-hydrogen) atoms. The number of halogens is 3. The maximum absolute atomic E-state index is 11.8. The minimum Gasteiger partial charge on any atom is -0.406 e. The van der Waals surface area contributed by atoms with E-state index in [-0.39, 0.29) is 10.6 Å². The first-order valence-electron chi connectivity index (χ1n) is 3.56. The van der Waals surface area contributed by atoms with Gasteiger partial charge in [0.2, 0.25) is 0 Å². The molecule has 4 nitrogen and oxygen atoms in total. The first kappa shape index (κ1) is 11.8. The van der Waals surface area contributed by atoms with Crippen LogP contribution in [0.4, 0.5) is 18.9 Å². The highest BCUT2D eigenvalue weighted by Gasteiger charge is 2.31. The van der Waals surface area contributed by atoms with E-state index < -0.39 is 23.2 Å². The van der Waals surface area contributed by atoms with Crippen LogP contribution >= 0.6 is 0 Å². The Labute approximate surface area is 85.1 Å². The molecule has 0 fully saturated rings. The predicted octanol–water partition coefficient (Wildman–Crippen LogP) is 1.75. The molecule has 0 heterocycles. The van der Waals surface area contributed by atoms with Crippen molar-refractivity contribution in [1.82, 2.24) is 0 Å². The van der Waals surface area contributed by atoms with Crippen molar-refractivity contribution in [3.05, 3.63) is 18.2 Å². The quantitative estimate of drug-likeness (QED) is 0.611. The summed E-state index contributed by atoms with van der Waals surface area (Å²) in [5.41, 5.74) is 5.19. The number of nitrogens with two attached hydrogens (primary N) is 1. The number of hydrogen-bond acceptors (Lipinski definition) is 3. The van der Waals surface area contributed by atoms with E-state index in [1.807, 2.05) is 0 Å². The standard InChI is InChI=1S/C7H6F3NO3S/c8-7(9,10)14-4-1-2-5(11)6(3-4)15(12)13/h1-3H,11H2,(H,12,13). The van der Waals surface area contributed by atoms with E-state index in [1.54, 1.807) is 0 Å². The number of alkyl halides is 3. The monoisotopic (exact) mass is 241 g/mol. The maximum atomic E-state index is 11.8. The fourth-order valence-electron chi connectivity index (χ4n) is 0.863. The van der Waals surface area contributed by atoms with Gasteiger partial charge in [-0.05, 0) is 12.1 Å². The van der Waals surface area contributed by atoms with Gasteiger partial charge < -0.3 is 15.0 Å². The van der Waals surface area contributed by atoms with Gasteiger partial charge in [0.1, 0.15) is 5.75 Å². The van der Waals surface area contributed by atoms with Crippen LogP contribution in [0.3, 0.4) is 0 Å². The highest BCUT2D eigenvalue weighted by Crippen LogP contribution is 2.27. The second-order valence-electron chi connectivity index (χ2n) is 2.50. The molecule has 3 N–H and O–H groups in total. The molecule has 0 spiro atoms. The molecule has 1 unspecified atom stereocenters. The highest BCUT2D eigenvalue weighted by atomic mass is 32.2. The summed E-state index contributed by atoms with van der Waals surface area (Å²) in [6, 6.07) is 2.78. The molecule has 1 atom stereocenters. The fraction of sp³-hybridized carbons (Fsp3) is 0.143. The highest BCUT2D eigenvalue weighted by molar-refractivity contribution is 7.79. The zero-order valence-electron chi connectivity index (χ0n) is 7.12. The van der Waals surface area contributed by atoms with Crippen molar-refractivity contribution < 1.29 is 26.7 Å². The Hall–Kier alpha value is -1.28. The van der Waals surface area contributed by atoms with Crippen LogP contribution in [0.25, 0.3) is 0 Å². The smallest absolute Gasteiger partial charge is 0.406 e. The summed E-state index contributed by atoms with van der Waals surface area (Å²) in [7, 11) is 0. The molecule has 1 aromatic carbocycles. The lowest BCUT2D eigenvalue weighted by Gasteiger charge is -2.10. The van der Waals surface area contributed by atoms with Gasteiger partial charge in [0, 0.05) is 6.07 Å². The summed E-state index contributed by atoms with van der Waals surface area (Å²) in [5.74, 6) is -0.589. The number of hydrogen-bond donors (Lipinski definition) is 2. The van der Waals surface area contributed by atoms with E-state index in [0.717, 1.165) is 18.2 Å². The van der Waals surface area contributed by atoms with Crippen molar-refractivity contribution in [2.45, 2.75) is 11.3 Å². The molecule has 0 saturated carbocycles. The molecule has 0 radical (unpaired) electrons. The van der Waals surface area contributed by atoms with Gasteiger partial charge in [0.25, 0.3) is 0 Å². The van der Waals surface area contributed by atoms with Crippen LogP contribution in [0.2, 0.25) is 0 Å². The topological polar surface area (TPSA) is 72.5 Å². The van der Waals surface area contributed by atoms with E-state index in [2.05, 4.69) is 4.74 Å². The number of nitrogen functional groups attached to an aromatic ring is 1. The third-order valence-corrected chi connectivity index (χ3v) is 2.14. The molecule has 8 heteroatoms. The van der Waals surface area contributed by atoms with Gasteiger partial charge in [-0.15, -0.1) is 13.2 Å². The second-order valence-corrected chi connectivity index (χ2v) is 3.43. The minimum absolute atomic E-state index is 0.0784. The fourth-order valence-corrected chi connectivity index (χ4v) is 1.35. The molecule has 0 amide bonds. The van der Waals surface area contributed by atoms with Crippen molar-refractivity contribution in [3.63, 3.8) is 0 Å². The van der Waals surface area contributed by atoms with E-state index in [1.165, 1.54) is 0 Å². The summed E-state index contributed by atoms with van der Waals surface area (Å²) in [4.78, 5) is -0.322. The minimum atomic E-state index is -4.84. The summed E-state index contributed by atoms with van der Waals surface area (Å²) >= 11 is -2.45. The van der Waals surface area contributed by atoms with Gasteiger partial charge in [-0.25, -0.2) is 4.21 Å². The van der Waals surface area contributed by atoms with Crippen molar-refractivity contribution in [2.24, 2.45) is 0 Å². The van der Waals surface area contributed by atoms with Gasteiger partial charge in [0.05, 0.1) is 10.6 Å². The average Bonchev–Trinajstić information content (AvgIpc) is 2.05. The molecule has 0 aromatic heterocycles. The Kier molecular flexibility index (Phi) is 3.20. The van der Waals surface area contributed by atoms with Crippen LogP contribution in [-0.4, -0.2) is 15.1 Å². The number of rotatable bonds is 2. The Balaban J connectivity index is 3.03. The first-order chi connectivity index (χ1) is 6.79. The summed E-state index contributed by atoms with van der Waals surface area (Å²) in [6.45, 7) is 0. The lowest BCUT2D eigenvalue weighted by molar-refractivity contribution is -0.274. The molecular formula is C7H6F3NO3S. The molecule has 1 rings (SSSR count). The van der Waals surface area contributed by atoms with Crippen molar-refractivity contribution in [2.75, 3.05) is 5.73 Å². The Morgan fingerprint density at radius 2 is 2.00 bits per heavy atom. The Bertz CT molecular complexity index is 394. The summed E-state index contributed by atoms with van der Waals surface area (Å²) < 4.78 is 58.2. The first-order valence-corrected chi connectivity index (χ1v) is 4.66. The summed E-state index contributed by atoms with van der Waals surface area (Å²) in [6.07, 6.45) is -4.84. The van der Waals surface area contributed by atoms with Gasteiger partial charge in [-0.2, -0.15) is 0 Å². The molecule has 0 aliphatic heterocycles. The number of benzene rings is 1. The lowest BCUT2D eigenvalue weighted by Crippen LogP contribution is -2.17. The van der Waals surface area contributed by atoms with Gasteiger partial charge >= 0.3 is 6.36 Å². The van der Waals surface area contributed by atoms with Crippen LogP contribution in [0.5, 0.6) is 5.75 Å². The lowest BCUT2D eigenvalue weighted by atomic mass is 10.3. The maximum Gasteiger partial charge on any atom is 0.573 e. The van der Waals surface area contributed by atoms with Crippen LogP contribution in [0.1, 0.15) is 0 Å². The molecule has 0 saturated heterocycles. The molecule has 0 aliphatic rings. The van der Waals surface area contributed by atoms with Gasteiger partial charge in [0.15, 0.2) is 11.1 Å². The summed E-state index contributed by atoms with van der Waals surface area (Å²) in [5, 5.41) is 0. The van der Waals surface area contributed by atoms with Crippen LogP contribution in [-0.2, 0) is 11.1 Å². The normalized spacial score (nSPS) is 13.6. The van der Waals surface area contributed by atoms with E-state index in [4.69, 9.17) is 10.3 Å². The Morgan fingerprint density at radius 3 is 2.47 bits per heavy atom. The van der Waals surface area contributed by atoms with Crippen LogP contribution < -0.4 is 10.5 Å². The van der Waals surface area contributed by atoms with E-state index >= 15 is 0 Å². The van der Waals surface area contributed by atoms with Crippen molar-refractivity contribution in [1.29, 1.82) is 0 Å². The van der Waals surface area contributed by atoms with Gasteiger partial charge in [-0.3, -0.25) is 0 Å². The molecule has 84 valence electrons. The largest absolute Gasteiger partial charge is 0.573 e. The molecule has 1 aromatic rings. The SMILES string of the molecule is Nc1ccc(OC(F)(F)F)cc1S(=O)O. The van der Waals surface area contributed by atoms with Crippen LogP contribution in [0, 0.1) is 0 Å². The number of ether oxygens (including phenoxy) is 1.